The summed E-state index contributed by atoms with van der Waals surface area (Å²) in [6.07, 6.45) is 0.828. The zero-order valence-electron chi connectivity index (χ0n) is 12.4. The van der Waals surface area contributed by atoms with Gasteiger partial charge in [-0.2, -0.15) is 0 Å². The van der Waals surface area contributed by atoms with E-state index in [1.54, 1.807) is 18.2 Å². The lowest BCUT2D eigenvalue weighted by Crippen LogP contribution is -2.23. The average molecular weight is 275 g/mol. The Labute approximate surface area is 118 Å². The first kappa shape index (κ1) is 14.5. The second-order valence-electron chi connectivity index (χ2n) is 5.37. The van der Waals surface area contributed by atoms with Crippen LogP contribution in [0.3, 0.4) is 0 Å². The summed E-state index contributed by atoms with van der Waals surface area (Å²) >= 11 is 0. The molecule has 20 heavy (non-hydrogen) atoms. The SMILES string of the molecule is CCc1nc2ccc(C(=O)O)cc2n1C(C)CN(C)C. The van der Waals surface area contributed by atoms with E-state index in [0.29, 0.717) is 5.56 Å². The van der Waals surface area contributed by atoms with Crippen LogP contribution >= 0.6 is 0 Å². The number of aromatic carboxylic acids is 1. The Morgan fingerprint density at radius 2 is 2.15 bits per heavy atom. The van der Waals surface area contributed by atoms with Gasteiger partial charge in [0.15, 0.2) is 0 Å². The van der Waals surface area contributed by atoms with Gasteiger partial charge in [0, 0.05) is 19.0 Å². The minimum Gasteiger partial charge on any atom is -0.478 e. The van der Waals surface area contributed by atoms with Crippen molar-refractivity contribution in [1.82, 2.24) is 14.5 Å². The predicted octanol–water partition coefficient (Wildman–Crippen LogP) is 2.42. The lowest BCUT2D eigenvalue weighted by molar-refractivity contribution is 0.0697. The highest BCUT2D eigenvalue weighted by Gasteiger charge is 2.16. The van der Waals surface area contributed by atoms with E-state index in [2.05, 4.69) is 28.3 Å². The lowest BCUT2D eigenvalue weighted by Gasteiger charge is -2.21. The van der Waals surface area contributed by atoms with Gasteiger partial charge in [0.2, 0.25) is 0 Å². The van der Waals surface area contributed by atoms with Crippen LogP contribution in [-0.2, 0) is 6.42 Å². The number of imidazole rings is 1. The van der Waals surface area contributed by atoms with Gasteiger partial charge in [-0.3, -0.25) is 0 Å². The highest BCUT2D eigenvalue weighted by molar-refractivity contribution is 5.92. The minimum atomic E-state index is -0.905. The fourth-order valence-corrected chi connectivity index (χ4v) is 2.63. The van der Waals surface area contributed by atoms with E-state index >= 15 is 0 Å². The van der Waals surface area contributed by atoms with Crippen molar-refractivity contribution in [2.24, 2.45) is 0 Å². The molecule has 1 aromatic carbocycles. The van der Waals surface area contributed by atoms with E-state index < -0.39 is 5.97 Å². The number of benzene rings is 1. The van der Waals surface area contributed by atoms with Crippen LogP contribution in [0.2, 0.25) is 0 Å². The molecule has 2 aromatic rings. The van der Waals surface area contributed by atoms with Crippen LogP contribution in [0.5, 0.6) is 0 Å². The van der Waals surface area contributed by atoms with Crippen molar-refractivity contribution < 1.29 is 9.90 Å². The molecular formula is C15H21N3O2. The molecule has 0 aliphatic carbocycles. The largest absolute Gasteiger partial charge is 0.478 e. The number of carboxylic acid groups (broad SMARTS) is 1. The summed E-state index contributed by atoms with van der Waals surface area (Å²) in [5, 5.41) is 9.15. The van der Waals surface area contributed by atoms with Gasteiger partial charge in [0.25, 0.3) is 0 Å². The first-order chi connectivity index (χ1) is 9.43. The fourth-order valence-electron chi connectivity index (χ4n) is 2.63. The number of hydrogen-bond acceptors (Lipinski definition) is 3. The standard InChI is InChI=1S/C15H21N3O2/c1-5-14-16-12-7-6-11(15(19)20)8-13(12)18(14)10(2)9-17(3)4/h6-8,10H,5,9H2,1-4H3,(H,19,20). The van der Waals surface area contributed by atoms with Crippen LogP contribution < -0.4 is 0 Å². The molecule has 108 valence electrons. The summed E-state index contributed by atoms with van der Waals surface area (Å²) in [4.78, 5) is 17.9. The van der Waals surface area contributed by atoms with Crippen molar-refractivity contribution in [3.05, 3.63) is 29.6 Å². The molecule has 2 rings (SSSR count). The molecule has 0 radical (unpaired) electrons. The third-order valence-corrected chi connectivity index (χ3v) is 3.40. The van der Waals surface area contributed by atoms with Crippen molar-refractivity contribution >= 4 is 17.0 Å². The number of carbonyl (C=O) groups is 1. The first-order valence-corrected chi connectivity index (χ1v) is 6.83. The Bertz CT molecular complexity index is 631. The molecule has 0 saturated carbocycles. The summed E-state index contributed by atoms with van der Waals surface area (Å²) in [5.74, 6) is 0.0925. The van der Waals surface area contributed by atoms with Crippen LogP contribution in [0.25, 0.3) is 11.0 Å². The summed E-state index contributed by atoms with van der Waals surface area (Å²) in [6, 6.07) is 5.36. The van der Waals surface area contributed by atoms with Gasteiger partial charge >= 0.3 is 5.97 Å². The number of carboxylic acids is 1. The summed E-state index contributed by atoms with van der Waals surface area (Å²) in [7, 11) is 4.06. The molecular weight excluding hydrogens is 254 g/mol. The monoisotopic (exact) mass is 275 g/mol. The third kappa shape index (κ3) is 2.67. The van der Waals surface area contributed by atoms with Crippen molar-refractivity contribution in [3.63, 3.8) is 0 Å². The number of fused-ring (bicyclic) bond motifs is 1. The molecule has 5 nitrogen and oxygen atoms in total. The molecule has 5 heteroatoms. The van der Waals surface area contributed by atoms with Crippen molar-refractivity contribution in [3.8, 4) is 0 Å². The maximum absolute atomic E-state index is 11.1. The van der Waals surface area contributed by atoms with Gasteiger partial charge in [-0.05, 0) is 39.2 Å². The van der Waals surface area contributed by atoms with Crippen molar-refractivity contribution in [2.75, 3.05) is 20.6 Å². The fraction of sp³-hybridized carbons (Fsp3) is 0.467. The molecule has 1 atom stereocenters. The predicted molar refractivity (Wildman–Crippen MR) is 79.3 cm³/mol. The Kier molecular flexibility index (Phi) is 4.09. The Hall–Kier alpha value is -1.88. The number of aryl methyl sites for hydroxylation is 1. The van der Waals surface area contributed by atoms with Crippen LogP contribution in [-0.4, -0.2) is 46.2 Å². The zero-order valence-corrected chi connectivity index (χ0v) is 12.4. The summed E-state index contributed by atoms with van der Waals surface area (Å²) in [6.45, 7) is 5.08. The number of aromatic nitrogens is 2. The maximum atomic E-state index is 11.1. The van der Waals surface area contributed by atoms with E-state index in [0.717, 1.165) is 29.8 Å². The quantitative estimate of drug-likeness (QED) is 0.910. The zero-order chi connectivity index (χ0) is 14.9. The van der Waals surface area contributed by atoms with E-state index in [1.807, 2.05) is 14.1 Å². The normalized spacial score (nSPS) is 13.1. The summed E-state index contributed by atoms with van der Waals surface area (Å²) in [5.41, 5.74) is 2.06. The number of hydrogen-bond donors (Lipinski definition) is 1. The topological polar surface area (TPSA) is 58.4 Å². The second kappa shape index (κ2) is 5.63. The van der Waals surface area contributed by atoms with Crippen LogP contribution in [0.4, 0.5) is 0 Å². The molecule has 0 spiro atoms. The molecule has 1 heterocycles. The lowest BCUT2D eigenvalue weighted by atomic mass is 10.2. The molecule has 0 aliphatic rings. The van der Waals surface area contributed by atoms with E-state index in [4.69, 9.17) is 5.11 Å². The molecule has 1 N–H and O–H groups in total. The van der Waals surface area contributed by atoms with Gasteiger partial charge in [-0.1, -0.05) is 6.92 Å². The van der Waals surface area contributed by atoms with Gasteiger partial charge in [0.1, 0.15) is 5.82 Å². The van der Waals surface area contributed by atoms with Gasteiger partial charge in [-0.15, -0.1) is 0 Å². The molecule has 0 bridgehead atoms. The molecule has 0 saturated heterocycles. The van der Waals surface area contributed by atoms with Crippen LogP contribution in [0.15, 0.2) is 18.2 Å². The molecule has 1 unspecified atom stereocenters. The maximum Gasteiger partial charge on any atom is 0.335 e. The number of likely N-dealkylation sites (N-methyl/N-ethyl adjacent to an activating group) is 1. The Balaban J connectivity index is 2.59. The van der Waals surface area contributed by atoms with E-state index in [9.17, 15) is 4.79 Å². The summed E-state index contributed by atoms with van der Waals surface area (Å²) < 4.78 is 2.15. The molecule has 0 amide bonds. The smallest absolute Gasteiger partial charge is 0.335 e. The number of rotatable bonds is 5. The van der Waals surface area contributed by atoms with Gasteiger partial charge < -0.3 is 14.6 Å². The van der Waals surface area contributed by atoms with Crippen molar-refractivity contribution in [1.29, 1.82) is 0 Å². The first-order valence-electron chi connectivity index (χ1n) is 6.83. The third-order valence-electron chi connectivity index (χ3n) is 3.40. The van der Waals surface area contributed by atoms with Gasteiger partial charge in [0.05, 0.1) is 16.6 Å². The highest BCUT2D eigenvalue weighted by atomic mass is 16.4. The van der Waals surface area contributed by atoms with Crippen molar-refractivity contribution in [2.45, 2.75) is 26.3 Å². The van der Waals surface area contributed by atoms with E-state index in [-0.39, 0.29) is 6.04 Å². The van der Waals surface area contributed by atoms with Crippen LogP contribution in [0.1, 0.15) is 36.1 Å². The minimum absolute atomic E-state index is 0.244. The Morgan fingerprint density at radius 1 is 1.45 bits per heavy atom. The Morgan fingerprint density at radius 3 is 2.70 bits per heavy atom. The molecule has 0 fully saturated rings. The number of nitrogens with zero attached hydrogens (tertiary/aromatic N) is 3. The molecule has 0 aliphatic heterocycles. The highest BCUT2D eigenvalue weighted by Crippen LogP contribution is 2.23. The van der Waals surface area contributed by atoms with Crippen LogP contribution in [0, 0.1) is 0 Å². The average Bonchev–Trinajstić information content (AvgIpc) is 2.74. The molecule has 1 aromatic heterocycles. The van der Waals surface area contributed by atoms with E-state index in [1.165, 1.54) is 0 Å². The van der Waals surface area contributed by atoms with Gasteiger partial charge in [-0.25, -0.2) is 9.78 Å². The second-order valence-corrected chi connectivity index (χ2v) is 5.37.